The number of hydrogen-bond donors (Lipinski definition) is 2. The number of nitrogens with one attached hydrogen (secondary N) is 2. The first-order valence-electron chi connectivity index (χ1n) is 7.25. The summed E-state index contributed by atoms with van der Waals surface area (Å²) in [5.74, 6) is 0.707. The minimum Gasteiger partial charge on any atom is -0.363 e. The molecule has 0 radical (unpaired) electrons. The molecule has 0 bridgehead atoms. The van der Waals surface area contributed by atoms with Crippen molar-refractivity contribution < 1.29 is 4.79 Å². The van der Waals surface area contributed by atoms with Crippen LogP contribution in [0.3, 0.4) is 0 Å². The van der Waals surface area contributed by atoms with Crippen molar-refractivity contribution in [2.24, 2.45) is 0 Å². The third-order valence-electron chi connectivity index (χ3n) is 3.19. The maximum absolute atomic E-state index is 12.1. The molecule has 3 aromatic rings. The van der Waals surface area contributed by atoms with Gasteiger partial charge in [0.05, 0.1) is 12.2 Å². The molecule has 2 aromatic heterocycles. The summed E-state index contributed by atoms with van der Waals surface area (Å²) in [6.07, 6.45) is 1.73. The molecule has 6 nitrogen and oxygen atoms in total. The standard InChI is InChI=1S/C17H14ClN5O/c18-13-6-4-12(5-7-13)17(24)21-16-9-8-15(22-23-16)20-11-14-3-1-2-10-19-14/h1-10H,11H2,(H,20,22)(H,21,23,24). The number of hydrogen-bond acceptors (Lipinski definition) is 5. The fourth-order valence-electron chi connectivity index (χ4n) is 1.97. The molecule has 24 heavy (non-hydrogen) atoms. The fraction of sp³-hybridized carbons (Fsp3) is 0.0588. The van der Waals surface area contributed by atoms with Crippen LogP contribution in [0.1, 0.15) is 16.1 Å². The molecule has 0 saturated carbocycles. The Hall–Kier alpha value is -2.99. The highest BCUT2D eigenvalue weighted by Crippen LogP contribution is 2.12. The monoisotopic (exact) mass is 339 g/mol. The first-order chi connectivity index (χ1) is 11.7. The molecule has 3 rings (SSSR count). The molecule has 2 heterocycles. The summed E-state index contributed by atoms with van der Waals surface area (Å²) in [6, 6.07) is 15.7. The summed E-state index contributed by atoms with van der Waals surface area (Å²) in [7, 11) is 0. The van der Waals surface area contributed by atoms with E-state index in [1.807, 2.05) is 18.2 Å². The van der Waals surface area contributed by atoms with Crippen molar-refractivity contribution in [3.05, 3.63) is 77.1 Å². The van der Waals surface area contributed by atoms with E-state index >= 15 is 0 Å². The van der Waals surface area contributed by atoms with E-state index in [0.717, 1.165) is 5.69 Å². The Bertz CT molecular complexity index is 807. The lowest BCUT2D eigenvalue weighted by Crippen LogP contribution is -2.13. The van der Waals surface area contributed by atoms with Crippen LogP contribution in [-0.4, -0.2) is 21.1 Å². The number of benzene rings is 1. The summed E-state index contributed by atoms with van der Waals surface area (Å²) < 4.78 is 0. The van der Waals surface area contributed by atoms with Gasteiger partial charge in [0.25, 0.3) is 5.91 Å². The van der Waals surface area contributed by atoms with Crippen molar-refractivity contribution >= 4 is 29.1 Å². The number of amides is 1. The summed E-state index contributed by atoms with van der Waals surface area (Å²) in [4.78, 5) is 16.3. The molecule has 0 aliphatic heterocycles. The van der Waals surface area contributed by atoms with Gasteiger partial charge in [0, 0.05) is 16.8 Å². The summed E-state index contributed by atoms with van der Waals surface area (Å²) in [6.45, 7) is 0.548. The lowest BCUT2D eigenvalue weighted by atomic mass is 10.2. The minimum absolute atomic E-state index is 0.268. The molecule has 7 heteroatoms. The Balaban J connectivity index is 1.58. The van der Waals surface area contributed by atoms with Crippen LogP contribution in [0.4, 0.5) is 11.6 Å². The Morgan fingerprint density at radius 3 is 2.38 bits per heavy atom. The van der Waals surface area contributed by atoms with Gasteiger partial charge in [-0.2, -0.15) is 0 Å². The third-order valence-corrected chi connectivity index (χ3v) is 3.44. The van der Waals surface area contributed by atoms with Gasteiger partial charge in [-0.25, -0.2) is 0 Å². The number of pyridine rings is 1. The Morgan fingerprint density at radius 2 is 1.71 bits per heavy atom. The van der Waals surface area contributed by atoms with E-state index in [-0.39, 0.29) is 5.91 Å². The molecule has 0 fully saturated rings. The van der Waals surface area contributed by atoms with E-state index < -0.39 is 0 Å². The van der Waals surface area contributed by atoms with Crippen molar-refractivity contribution in [1.29, 1.82) is 0 Å². The van der Waals surface area contributed by atoms with Crippen LogP contribution in [-0.2, 0) is 6.54 Å². The van der Waals surface area contributed by atoms with Crippen LogP contribution in [0.25, 0.3) is 0 Å². The number of carbonyl (C=O) groups excluding carboxylic acids is 1. The number of anilines is 2. The minimum atomic E-state index is -0.268. The van der Waals surface area contributed by atoms with Crippen LogP contribution in [0.5, 0.6) is 0 Å². The van der Waals surface area contributed by atoms with Gasteiger partial charge in [0.15, 0.2) is 5.82 Å². The number of rotatable bonds is 5. The molecule has 120 valence electrons. The molecule has 1 aromatic carbocycles. The van der Waals surface area contributed by atoms with Crippen molar-refractivity contribution in [2.75, 3.05) is 10.6 Å². The van der Waals surface area contributed by atoms with Crippen LogP contribution in [0, 0.1) is 0 Å². The van der Waals surface area contributed by atoms with Crippen LogP contribution < -0.4 is 10.6 Å². The van der Waals surface area contributed by atoms with E-state index in [9.17, 15) is 4.79 Å². The SMILES string of the molecule is O=C(Nc1ccc(NCc2ccccn2)nn1)c1ccc(Cl)cc1. The second-order valence-corrected chi connectivity index (χ2v) is 5.38. The maximum Gasteiger partial charge on any atom is 0.256 e. The zero-order valence-corrected chi connectivity index (χ0v) is 13.4. The fourth-order valence-corrected chi connectivity index (χ4v) is 2.09. The summed E-state index contributed by atoms with van der Waals surface area (Å²) in [5.41, 5.74) is 1.40. The molecule has 0 aliphatic carbocycles. The third kappa shape index (κ3) is 4.27. The van der Waals surface area contributed by atoms with Gasteiger partial charge in [-0.3, -0.25) is 9.78 Å². The van der Waals surface area contributed by atoms with Gasteiger partial charge in [0.1, 0.15) is 5.82 Å². The average molecular weight is 340 g/mol. The van der Waals surface area contributed by atoms with Crippen molar-refractivity contribution in [2.45, 2.75) is 6.54 Å². The zero-order chi connectivity index (χ0) is 16.8. The summed E-state index contributed by atoms with van der Waals surface area (Å²) >= 11 is 5.80. The molecule has 0 saturated heterocycles. The molecular weight excluding hydrogens is 326 g/mol. The first kappa shape index (κ1) is 15.9. The lowest BCUT2D eigenvalue weighted by Gasteiger charge is -2.06. The van der Waals surface area contributed by atoms with Crippen molar-refractivity contribution in [3.8, 4) is 0 Å². The van der Waals surface area contributed by atoms with E-state index in [2.05, 4.69) is 25.8 Å². The number of nitrogens with zero attached hydrogens (tertiary/aromatic N) is 3. The highest BCUT2D eigenvalue weighted by molar-refractivity contribution is 6.30. The van der Waals surface area contributed by atoms with E-state index in [1.165, 1.54) is 0 Å². The molecule has 0 unspecified atom stereocenters. The molecule has 0 atom stereocenters. The predicted octanol–water partition coefficient (Wildman–Crippen LogP) is 3.39. The molecular formula is C17H14ClN5O. The first-order valence-corrected chi connectivity index (χ1v) is 7.63. The largest absolute Gasteiger partial charge is 0.363 e. The quantitative estimate of drug-likeness (QED) is 0.744. The van der Waals surface area contributed by atoms with E-state index in [1.54, 1.807) is 42.6 Å². The molecule has 2 N–H and O–H groups in total. The van der Waals surface area contributed by atoms with Gasteiger partial charge >= 0.3 is 0 Å². The number of aromatic nitrogens is 3. The van der Waals surface area contributed by atoms with Crippen LogP contribution in [0.15, 0.2) is 60.8 Å². The maximum atomic E-state index is 12.1. The Kier molecular flexibility index (Phi) is 4.98. The van der Waals surface area contributed by atoms with Crippen molar-refractivity contribution in [3.63, 3.8) is 0 Å². The van der Waals surface area contributed by atoms with Gasteiger partial charge in [-0.1, -0.05) is 17.7 Å². The molecule has 0 spiro atoms. The smallest absolute Gasteiger partial charge is 0.256 e. The van der Waals surface area contributed by atoms with Gasteiger partial charge in [-0.15, -0.1) is 10.2 Å². The summed E-state index contributed by atoms with van der Waals surface area (Å²) in [5, 5.41) is 14.4. The second-order valence-electron chi connectivity index (χ2n) is 4.94. The molecule has 1 amide bonds. The number of halogens is 1. The van der Waals surface area contributed by atoms with E-state index in [0.29, 0.717) is 28.8 Å². The second kappa shape index (κ2) is 7.52. The van der Waals surface area contributed by atoms with Crippen molar-refractivity contribution in [1.82, 2.24) is 15.2 Å². The normalized spacial score (nSPS) is 10.2. The van der Waals surface area contributed by atoms with Gasteiger partial charge < -0.3 is 10.6 Å². The lowest BCUT2D eigenvalue weighted by molar-refractivity contribution is 0.102. The zero-order valence-electron chi connectivity index (χ0n) is 12.6. The van der Waals surface area contributed by atoms with Gasteiger partial charge in [0.2, 0.25) is 0 Å². The van der Waals surface area contributed by atoms with Crippen LogP contribution >= 0.6 is 11.6 Å². The topological polar surface area (TPSA) is 79.8 Å². The Morgan fingerprint density at radius 1 is 0.958 bits per heavy atom. The number of carbonyl (C=O) groups is 1. The molecule has 0 aliphatic rings. The average Bonchev–Trinajstić information content (AvgIpc) is 2.62. The van der Waals surface area contributed by atoms with Gasteiger partial charge in [-0.05, 0) is 48.5 Å². The highest BCUT2D eigenvalue weighted by Gasteiger charge is 2.07. The predicted molar refractivity (Wildman–Crippen MR) is 93.0 cm³/mol. The van der Waals surface area contributed by atoms with E-state index in [4.69, 9.17) is 11.6 Å². The Labute approximate surface area is 143 Å². The highest BCUT2D eigenvalue weighted by atomic mass is 35.5. The van der Waals surface area contributed by atoms with Crippen LogP contribution in [0.2, 0.25) is 5.02 Å².